The van der Waals surface area contributed by atoms with Gasteiger partial charge in [-0.05, 0) is 0 Å². The van der Waals surface area contributed by atoms with Crippen molar-refractivity contribution in [3.05, 3.63) is 62.4 Å². The van der Waals surface area contributed by atoms with Gasteiger partial charge in [0.15, 0.2) is 30.2 Å². The summed E-state index contributed by atoms with van der Waals surface area (Å²) in [5.41, 5.74) is 7.03. The number of aryl methyl sites for hydroxylation is 1. The number of carbonyl (C=O) groups is 1. The molecule has 3 saturated heterocycles. The van der Waals surface area contributed by atoms with Gasteiger partial charge in [0.25, 0.3) is 17.1 Å². The zero-order valence-electron chi connectivity index (χ0n) is 39.1. The minimum absolute atomic E-state index is 0.0219. The molecule has 0 aromatic carbocycles. The van der Waals surface area contributed by atoms with Crippen molar-refractivity contribution in [3.8, 4) is 0 Å². The molecule has 0 radical (unpaired) electrons. The summed E-state index contributed by atoms with van der Waals surface area (Å²) in [5.74, 6) is -1.74. The van der Waals surface area contributed by atoms with E-state index in [1.807, 2.05) is 4.98 Å². The Labute approximate surface area is 422 Å². The molecular formula is C34H48N13O25P4+. The second-order valence-corrected chi connectivity index (χ2v) is 23.4. The number of rotatable bonds is 20. The molecule has 3 fully saturated rings. The Kier molecular flexibility index (Phi) is 16.4. The van der Waals surface area contributed by atoms with E-state index in [9.17, 15) is 72.3 Å². The molecule has 42 heteroatoms. The first-order valence-electron chi connectivity index (χ1n) is 21.7. The van der Waals surface area contributed by atoms with Crippen LogP contribution >= 0.6 is 31.1 Å². The van der Waals surface area contributed by atoms with Crippen LogP contribution in [0.2, 0.25) is 0 Å². The maximum absolute atomic E-state index is 14.3. The van der Waals surface area contributed by atoms with E-state index in [0.29, 0.717) is 0 Å². The van der Waals surface area contributed by atoms with Crippen LogP contribution in [0.5, 0.6) is 0 Å². The van der Waals surface area contributed by atoms with Crippen molar-refractivity contribution < 1.29 is 108 Å². The van der Waals surface area contributed by atoms with E-state index in [-0.39, 0.29) is 34.1 Å². The Bertz CT molecular complexity index is 3370. The summed E-state index contributed by atoms with van der Waals surface area (Å²) in [6, 6.07) is 0.919. The largest absolute Gasteiger partial charge is 0.490 e. The lowest BCUT2D eigenvalue weighted by molar-refractivity contribution is -0.745. The minimum Gasteiger partial charge on any atom is -0.449 e. The molecule has 4 unspecified atom stereocenters. The van der Waals surface area contributed by atoms with Crippen LogP contribution in [0.1, 0.15) is 18.7 Å². The molecular weight excluding hydrogens is 1110 g/mol. The van der Waals surface area contributed by atoms with Crippen LogP contribution in [0.25, 0.3) is 22.3 Å². The summed E-state index contributed by atoms with van der Waals surface area (Å²) in [5, 5.41) is 35.0. The average molecular weight is 1160 g/mol. The number of nitrogens with zero attached hydrogens (tertiary/aromatic N) is 8. The summed E-state index contributed by atoms with van der Waals surface area (Å²) >= 11 is 0. The smallest absolute Gasteiger partial charge is 0.449 e. The van der Waals surface area contributed by atoms with Gasteiger partial charge in [0.1, 0.15) is 60.7 Å². The molecule has 0 spiro atoms. The molecule has 38 nitrogen and oxygen atoms in total. The second kappa shape index (κ2) is 21.9. The Balaban J connectivity index is 0.965. The molecule has 8 rings (SSSR count). The number of aliphatic hydroxyl groups is 3. The number of phosphoric acid groups is 3. The van der Waals surface area contributed by atoms with Gasteiger partial charge in [-0.2, -0.15) is 8.62 Å². The number of H-pyrrole nitrogens is 2. The summed E-state index contributed by atoms with van der Waals surface area (Å²) in [4.78, 5) is 112. The summed E-state index contributed by atoms with van der Waals surface area (Å²) in [7, 11) is -19.8. The van der Waals surface area contributed by atoms with Crippen LogP contribution in [0.3, 0.4) is 0 Å². The number of methoxy groups -OCH3 is 1. The molecule has 1 amide bonds. The Morgan fingerprint density at radius 1 is 0.829 bits per heavy atom. The number of ether oxygens (including phenoxy) is 5. The van der Waals surface area contributed by atoms with E-state index in [1.165, 1.54) is 29.6 Å². The van der Waals surface area contributed by atoms with E-state index in [2.05, 4.69) is 38.9 Å². The number of aromatic amines is 2. The molecule has 14 N–H and O–H groups in total. The number of hydrogen-bond acceptors (Lipinski definition) is 27. The fourth-order valence-electron chi connectivity index (χ4n) is 8.53. The van der Waals surface area contributed by atoms with Gasteiger partial charge in [-0.3, -0.25) is 46.9 Å². The highest BCUT2D eigenvalue weighted by Gasteiger charge is 2.58. The van der Waals surface area contributed by atoms with Crippen LogP contribution in [0.4, 0.5) is 16.6 Å². The number of phosphoric ester groups is 2. The molecule has 418 valence electrons. The highest BCUT2D eigenvalue weighted by molar-refractivity contribution is 7.66. The second-order valence-electron chi connectivity index (χ2n) is 16.7. The number of nitrogens with one attached hydrogen (secondary N) is 3. The Hall–Kier alpha value is -5.27. The van der Waals surface area contributed by atoms with Crippen molar-refractivity contribution in [1.82, 2.24) is 48.9 Å². The third kappa shape index (κ3) is 11.8. The lowest BCUT2D eigenvalue weighted by atomic mass is 9.99. The number of imidazole rings is 2. The first kappa shape index (κ1) is 56.9. The van der Waals surface area contributed by atoms with Gasteiger partial charge in [-0.25, -0.2) is 42.8 Å². The number of aliphatic hydroxyl groups excluding tert-OH is 3. The maximum atomic E-state index is 14.3. The molecule has 5 aromatic heterocycles. The number of nitrogen functional groups attached to an aromatic ring is 2. The number of anilines is 2. The van der Waals surface area contributed by atoms with Crippen LogP contribution < -0.4 is 38.2 Å². The van der Waals surface area contributed by atoms with Crippen LogP contribution in [-0.4, -0.2) is 174 Å². The van der Waals surface area contributed by atoms with Crippen molar-refractivity contribution in [2.75, 3.05) is 52.1 Å². The van der Waals surface area contributed by atoms with Gasteiger partial charge in [-0.15, -0.1) is 0 Å². The molecule has 76 heavy (non-hydrogen) atoms. The molecule has 16 atom stereocenters. The number of fused-ring (bicyclic) bond motifs is 2. The molecule has 5 aromatic rings. The molecule has 3 aliphatic heterocycles. The van der Waals surface area contributed by atoms with E-state index in [0.717, 1.165) is 41.2 Å². The van der Waals surface area contributed by atoms with Gasteiger partial charge in [0, 0.05) is 26.4 Å². The number of nitrogens with two attached hydrogens (primary N) is 2. The SMILES string of the molecule is CNC(=O)OC[C@H]1[C@@H](O)[C@H]([n+]2cn(C)c3c(=O)[nH]c(N)nc32)O[C@@H]1COP(=O)(O)OP(=O)(O)OP(=O)(O)OC[C@H]1O[C@@H](n2cnc3c(N)ncnc32)[C@H](OC)[C@@H]1P(=O)(O)OC[C@H]1O[C@@H](n2ccc(=O)[nH]c2=O)[C@H](O)[C@@H]1O. The van der Waals surface area contributed by atoms with Gasteiger partial charge >= 0.3 is 48.5 Å². The summed E-state index contributed by atoms with van der Waals surface area (Å²) in [6.07, 6.45) is -13.4. The highest BCUT2D eigenvalue weighted by Crippen LogP contribution is 2.68. The lowest BCUT2D eigenvalue weighted by Gasteiger charge is -2.28. The zero-order chi connectivity index (χ0) is 55.4. The predicted molar refractivity (Wildman–Crippen MR) is 245 cm³/mol. The quantitative estimate of drug-likeness (QED) is 0.0260. The fourth-order valence-corrected chi connectivity index (χ4v) is 13.8. The normalized spacial score (nSPS) is 30.0. The van der Waals surface area contributed by atoms with Crippen molar-refractivity contribution >= 4 is 71.3 Å². The van der Waals surface area contributed by atoms with E-state index >= 15 is 0 Å². The van der Waals surface area contributed by atoms with E-state index < -0.39 is 153 Å². The van der Waals surface area contributed by atoms with Crippen LogP contribution in [-0.2, 0) is 71.2 Å². The summed E-state index contributed by atoms with van der Waals surface area (Å²) in [6.45, 7) is -4.07. The van der Waals surface area contributed by atoms with E-state index in [1.54, 1.807) is 0 Å². The maximum Gasteiger partial charge on any atom is 0.490 e. The Morgan fingerprint density at radius 2 is 1.49 bits per heavy atom. The number of amides is 1. The van der Waals surface area contributed by atoms with Crippen LogP contribution in [0.15, 0.2) is 45.6 Å². The predicted octanol–water partition coefficient (Wildman–Crippen LogP) is -4.20. The molecule has 3 aliphatic rings. The van der Waals surface area contributed by atoms with E-state index in [4.69, 9.17) is 48.7 Å². The van der Waals surface area contributed by atoms with Crippen molar-refractivity contribution in [2.45, 2.75) is 67.1 Å². The third-order valence-corrected chi connectivity index (χ3v) is 18.1. The number of hydrogen-bond donors (Lipinski definition) is 12. The molecule has 0 saturated carbocycles. The number of alkyl carbamates (subject to hydrolysis) is 1. The van der Waals surface area contributed by atoms with Gasteiger partial charge < -0.3 is 79.9 Å². The fraction of sp³-hybridized carbons (Fsp3) is 0.559. The number of carbonyl (C=O) groups excluding carboxylic acids is 1. The molecule has 0 aliphatic carbocycles. The standard InChI is InChI=1S/C34H47N13O25P4/c1-37-34(54)64-6-13-14(68-29(20(13)49)47-12-44(2)19-27(47)42-32(36)43-28(19)52)7-66-74(57,58)71-76(61,62)72-75(59,60)67-9-16-24(23(63-3)31(70-16)46-11-40-18-25(35)38-10-39-26(18)46)73(55,56)65-8-15-21(50)22(51)30(69-15)45-5-4-17(48)41-33(45)53/h4-5,10-16,20-24,29-31,49-51H,6-9H2,1-3H3,(H10-,35,36,37,38,39,41,42,43,48,52,53,54,55,56,57,58,59,60,61,62)/p+1/t13-,14-,15-,16-,20-,21-,22-,23-,24-,29-,30-,31-/m1/s1. The van der Waals surface area contributed by atoms with Gasteiger partial charge in [0.05, 0.1) is 45.2 Å². The zero-order valence-corrected chi connectivity index (χ0v) is 42.7. The molecule has 0 bridgehead atoms. The summed E-state index contributed by atoms with van der Waals surface area (Å²) < 4.78 is 110. The topological polar surface area (TPSA) is 536 Å². The van der Waals surface area contributed by atoms with Crippen LogP contribution in [0, 0.1) is 5.92 Å². The lowest BCUT2D eigenvalue weighted by Crippen LogP contribution is -2.45. The number of aromatic nitrogens is 10. The third-order valence-electron chi connectivity index (χ3n) is 11.9. The highest BCUT2D eigenvalue weighted by atomic mass is 31.3. The Morgan fingerprint density at radius 3 is 2.14 bits per heavy atom. The molecule has 8 heterocycles. The van der Waals surface area contributed by atoms with Crippen molar-refractivity contribution in [2.24, 2.45) is 13.0 Å². The monoisotopic (exact) mass is 1160 g/mol. The van der Waals surface area contributed by atoms with Crippen molar-refractivity contribution in [3.63, 3.8) is 0 Å². The average Bonchev–Trinajstić information content (AvgIpc) is 4.14. The minimum atomic E-state index is -6.26. The first-order valence-corrected chi connectivity index (χ1v) is 27.8. The van der Waals surface area contributed by atoms with Gasteiger partial charge in [0.2, 0.25) is 11.7 Å². The van der Waals surface area contributed by atoms with Crippen molar-refractivity contribution in [1.29, 1.82) is 0 Å². The van der Waals surface area contributed by atoms with Gasteiger partial charge in [-0.1, -0.05) is 4.98 Å². The first-order chi connectivity index (χ1) is 35.6.